The van der Waals surface area contributed by atoms with E-state index in [9.17, 15) is 0 Å². The lowest BCUT2D eigenvalue weighted by atomic mass is 9.98. The summed E-state index contributed by atoms with van der Waals surface area (Å²) in [7, 11) is 0. The minimum atomic E-state index is 0.550. The van der Waals surface area contributed by atoms with Crippen molar-refractivity contribution in [2.75, 3.05) is 13.2 Å². The van der Waals surface area contributed by atoms with E-state index in [2.05, 4.69) is 42.6 Å². The average molecular weight is 289 g/mol. The molecule has 1 aromatic carbocycles. The second kappa shape index (κ2) is 9.97. The summed E-state index contributed by atoms with van der Waals surface area (Å²) < 4.78 is 5.95. The van der Waals surface area contributed by atoms with E-state index in [1.54, 1.807) is 0 Å². The molecule has 1 aliphatic carbocycles. The molecule has 118 valence electrons. The minimum Gasteiger partial charge on any atom is -0.378 e. The Morgan fingerprint density at radius 2 is 1.90 bits per heavy atom. The highest BCUT2D eigenvalue weighted by molar-refractivity contribution is 5.14. The third-order valence-electron chi connectivity index (χ3n) is 4.43. The van der Waals surface area contributed by atoms with Crippen molar-refractivity contribution >= 4 is 0 Å². The quantitative estimate of drug-likeness (QED) is 0.683. The summed E-state index contributed by atoms with van der Waals surface area (Å²) in [5.41, 5.74) is 1.44. The Labute approximate surface area is 130 Å². The third kappa shape index (κ3) is 7.10. The van der Waals surface area contributed by atoms with Crippen LogP contribution in [-0.2, 0) is 11.2 Å². The number of benzene rings is 1. The molecule has 2 heteroatoms. The SMILES string of the molecule is CC(CCc1ccccc1)NCCCOC1CCCCC1. The van der Waals surface area contributed by atoms with Gasteiger partial charge in [-0.1, -0.05) is 49.6 Å². The Morgan fingerprint density at radius 3 is 2.67 bits per heavy atom. The maximum atomic E-state index is 5.95. The van der Waals surface area contributed by atoms with Crippen molar-refractivity contribution in [3.63, 3.8) is 0 Å². The zero-order valence-corrected chi connectivity index (χ0v) is 13.5. The van der Waals surface area contributed by atoms with Crippen molar-refractivity contribution in [3.8, 4) is 0 Å². The monoisotopic (exact) mass is 289 g/mol. The van der Waals surface area contributed by atoms with Crippen LogP contribution in [0.4, 0.5) is 0 Å². The molecule has 1 N–H and O–H groups in total. The zero-order valence-electron chi connectivity index (χ0n) is 13.5. The molecule has 0 heterocycles. The fraction of sp³-hybridized carbons (Fsp3) is 0.684. The van der Waals surface area contributed by atoms with E-state index in [1.807, 2.05) is 0 Å². The molecule has 0 aromatic heterocycles. The summed E-state index contributed by atoms with van der Waals surface area (Å²) in [5.74, 6) is 0. The van der Waals surface area contributed by atoms with Crippen LogP contribution in [0.3, 0.4) is 0 Å². The van der Waals surface area contributed by atoms with Gasteiger partial charge in [0.15, 0.2) is 0 Å². The van der Waals surface area contributed by atoms with Crippen LogP contribution < -0.4 is 5.32 Å². The Hall–Kier alpha value is -0.860. The van der Waals surface area contributed by atoms with Crippen molar-refractivity contribution in [3.05, 3.63) is 35.9 Å². The van der Waals surface area contributed by atoms with E-state index in [4.69, 9.17) is 4.74 Å². The lowest BCUT2D eigenvalue weighted by Gasteiger charge is -2.22. The van der Waals surface area contributed by atoms with Crippen LogP contribution in [0, 0.1) is 0 Å². The first-order chi connectivity index (χ1) is 10.3. The molecule has 0 saturated heterocycles. The molecule has 1 fully saturated rings. The van der Waals surface area contributed by atoms with Gasteiger partial charge in [0.2, 0.25) is 0 Å². The van der Waals surface area contributed by atoms with Gasteiger partial charge in [0.1, 0.15) is 0 Å². The topological polar surface area (TPSA) is 21.3 Å². The largest absolute Gasteiger partial charge is 0.378 e. The van der Waals surface area contributed by atoms with Gasteiger partial charge >= 0.3 is 0 Å². The maximum absolute atomic E-state index is 5.95. The Balaban J connectivity index is 1.46. The Kier molecular flexibility index (Phi) is 7.83. The van der Waals surface area contributed by atoms with E-state index in [-0.39, 0.29) is 0 Å². The van der Waals surface area contributed by atoms with Crippen LogP contribution in [0.2, 0.25) is 0 Å². The molecular weight excluding hydrogens is 258 g/mol. The van der Waals surface area contributed by atoms with E-state index in [0.29, 0.717) is 12.1 Å². The predicted molar refractivity (Wildman–Crippen MR) is 89.7 cm³/mol. The maximum Gasteiger partial charge on any atom is 0.0575 e. The highest BCUT2D eigenvalue weighted by atomic mass is 16.5. The normalized spacial score (nSPS) is 17.8. The fourth-order valence-electron chi connectivity index (χ4n) is 3.03. The van der Waals surface area contributed by atoms with Crippen molar-refractivity contribution in [1.29, 1.82) is 0 Å². The molecule has 1 saturated carbocycles. The summed E-state index contributed by atoms with van der Waals surface area (Å²) in [5, 5.41) is 3.61. The van der Waals surface area contributed by atoms with E-state index >= 15 is 0 Å². The molecule has 2 rings (SSSR count). The van der Waals surface area contributed by atoms with Crippen LogP contribution in [0.15, 0.2) is 30.3 Å². The Bertz CT molecular complexity index is 359. The van der Waals surface area contributed by atoms with Gasteiger partial charge in [-0.25, -0.2) is 0 Å². The smallest absolute Gasteiger partial charge is 0.0575 e. The van der Waals surface area contributed by atoms with Gasteiger partial charge in [0.05, 0.1) is 6.10 Å². The van der Waals surface area contributed by atoms with Gasteiger partial charge in [0, 0.05) is 12.6 Å². The van der Waals surface area contributed by atoms with Crippen LogP contribution >= 0.6 is 0 Å². The lowest BCUT2D eigenvalue weighted by molar-refractivity contribution is 0.0271. The number of hydrogen-bond donors (Lipinski definition) is 1. The van der Waals surface area contributed by atoms with Crippen molar-refractivity contribution in [2.45, 2.75) is 70.4 Å². The summed E-state index contributed by atoms with van der Waals surface area (Å²) in [6.45, 7) is 4.27. The molecule has 0 aliphatic heterocycles. The van der Waals surface area contributed by atoms with Gasteiger partial charge in [-0.15, -0.1) is 0 Å². The number of hydrogen-bond acceptors (Lipinski definition) is 2. The van der Waals surface area contributed by atoms with E-state index < -0.39 is 0 Å². The summed E-state index contributed by atoms with van der Waals surface area (Å²) in [6.07, 6.45) is 10.7. The molecule has 21 heavy (non-hydrogen) atoms. The number of rotatable bonds is 9. The summed E-state index contributed by atoms with van der Waals surface area (Å²) >= 11 is 0. The van der Waals surface area contributed by atoms with Gasteiger partial charge in [-0.05, 0) is 51.1 Å². The third-order valence-corrected chi connectivity index (χ3v) is 4.43. The molecule has 1 unspecified atom stereocenters. The van der Waals surface area contributed by atoms with Crippen LogP contribution in [0.1, 0.15) is 57.4 Å². The second-order valence-corrected chi connectivity index (χ2v) is 6.36. The van der Waals surface area contributed by atoms with E-state index in [0.717, 1.165) is 26.0 Å². The van der Waals surface area contributed by atoms with Gasteiger partial charge in [-0.2, -0.15) is 0 Å². The second-order valence-electron chi connectivity index (χ2n) is 6.36. The molecule has 0 radical (unpaired) electrons. The predicted octanol–water partition coefficient (Wildman–Crippen LogP) is 4.34. The average Bonchev–Trinajstić information content (AvgIpc) is 2.54. The van der Waals surface area contributed by atoms with Crippen LogP contribution in [0.25, 0.3) is 0 Å². The molecule has 0 spiro atoms. The standard InChI is InChI=1S/C19H31NO/c1-17(13-14-18-9-4-2-5-10-18)20-15-8-16-21-19-11-6-3-7-12-19/h2,4-5,9-10,17,19-20H,3,6-8,11-16H2,1H3. The van der Waals surface area contributed by atoms with Crippen molar-refractivity contribution < 1.29 is 4.74 Å². The number of ether oxygens (including phenoxy) is 1. The highest BCUT2D eigenvalue weighted by Gasteiger charge is 2.12. The highest BCUT2D eigenvalue weighted by Crippen LogP contribution is 2.20. The molecule has 1 atom stereocenters. The van der Waals surface area contributed by atoms with Gasteiger partial charge < -0.3 is 10.1 Å². The first-order valence-electron chi connectivity index (χ1n) is 8.73. The molecule has 2 nitrogen and oxygen atoms in total. The molecule has 0 bridgehead atoms. The van der Waals surface area contributed by atoms with Crippen LogP contribution in [0.5, 0.6) is 0 Å². The molecule has 1 aromatic rings. The van der Waals surface area contributed by atoms with Crippen molar-refractivity contribution in [2.24, 2.45) is 0 Å². The van der Waals surface area contributed by atoms with E-state index in [1.165, 1.54) is 44.1 Å². The first-order valence-corrected chi connectivity index (χ1v) is 8.73. The number of nitrogens with one attached hydrogen (secondary N) is 1. The summed E-state index contributed by atoms with van der Waals surface area (Å²) in [6, 6.07) is 11.3. The Morgan fingerprint density at radius 1 is 1.14 bits per heavy atom. The molecular formula is C19H31NO. The van der Waals surface area contributed by atoms with Gasteiger partial charge in [-0.3, -0.25) is 0 Å². The molecule has 1 aliphatic rings. The first kappa shape index (κ1) is 16.5. The fourth-order valence-corrected chi connectivity index (χ4v) is 3.03. The lowest BCUT2D eigenvalue weighted by Crippen LogP contribution is -2.28. The van der Waals surface area contributed by atoms with Gasteiger partial charge in [0.25, 0.3) is 0 Å². The van der Waals surface area contributed by atoms with Crippen LogP contribution in [-0.4, -0.2) is 25.3 Å². The zero-order chi connectivity index (χ0) is 14.8. The number of aryl methyl sites for hydroxylation is 1. The van der Waals surface area contributed by atoms with Crippen molar-refractivity contribution in [1.82, 2.24) is 5.32 Å². The molecule has 0 amide bonds. The summed E-state index contributed by atoms with van der Waals surface area (Å²) in [4.78, 5) is 0. The minimum absolute atomic E-state index is 0.550.